The van der Waals surface area contributed by atoms with Crippen molar-refractivity contribution in [1.29, 1.82) is 0 Å². The van der Waals surface area contributed by atoms with Gasteiger partial charge in [0.05, 0.1) is 12.2 Å². The maximum absolute atomic E-state index is 12.2. The summed E-state index contributed by atoms with van der Waals surface area (Å²) in [5.41, 5.74) is 8.26. The van der Waals surface area contributed by atoms with Gasteiger partial charge < -0.3 is 16.0 Å². The normalized spacial score (nSPS) is 16.4. The molecule has 6 nitrogen and oxygen atoms in total. The molecule has 7 heteroatoms. The number of hydrogen-bond acceptors (Lipinski definition) is 5. The lowest BCUT2D eigenvalue weighted by atomic mass is 10.1. The van der Waals surface area contributed by atoms with E-state index in [-0.39, 0.29) is 12.5 Å². The van der Waals surface area contributed by atoms with Gasteiger partial charge in [-0.05, 0) is 18.6 Å². The third-order valence-electron chi connectivity index (χ3n) is 3.60. The number of hydrogen-bond donors (Lipinski definition) is 2. The molecule has 1 aliphatic heterocycles. The zero-order valence-corrected chi connectivity index (χ0v) is 12.9. The molecule has 1 aromatic heterocycles. The average Bonchev–Trinajstić information content (AvgIpc) is 3.03. The zero-order chi connectivity index (χ0) is 15.7. The first kappa shape index (κ1) is 14.5. The van der Waals surface area contributed by atoms with Gasteiger partial charge in [0.25, 0.3) is 0 Å². The highest BCUT2D eigenvalue weighted by atomic mass is 32.1. The van der Waals surface area contributed by atoms with Crippen molar-refractivity contribution in [2.75, 3.05) is 16.8 Å². The van der Waals surface area contributed by atoms with Gasteiger partial charge in [-0.2, -0.15) is 0 Å². The lowest BCUT2D eigenvalue weighted by molar-refractivity contribution is -0.119. The second-order valence-corrected chi connectivity index (χ2v) is 6.08. The number of amides is 2. The second kappa shape index (κ2) is 5.76. The Hall–Kier alpha value is -2.41. The third-order valence-corrected chi connectivity index (χ3v) is 4.47. The van der Waals surface area contributed by atoms with E-state index in [2.05, 4.69) is 10.3 Å². The first-order valence-corrected chi connectivity index (χ1v) is 7.78. The Labute approximate surface area is 132 Å². The van der Waals surface area contributed by atoms with Crippen molar-refractivity contribution < 1.29 is 9.59 Å². The summed E-state index contributed by atoms with van der Waals surface area (Å²) >= 11 is 1.38. The molecule has 3 N–H and O–H groups in total. The van der Waals surface area contributed by atoms with Crippen molar-refractivity contribution in [2.24, 2.45) is 5.73 Å². The van der Waals surface area contributed by atoms with Crippen molar-refractivity contribution in [2.45, 2.75) is 19.4 Å². The van der Waals surface area contributed by atoms with Crippen LogP contribution in [0.2, 0.25) is 0 Å². The first-order chi connectivity index (χ1) is 10.5. The van der Waals surface area contributed by atoms with E-state index < -0.39 is 11.9 Å². The molecule has 0 saturated carbocycles. The zero-order valence-electron chi connectivity index (χ0n) is 12.1. The number of benzene rings is 1. The van der Waals surface area contributed by atoms with Gasteiger partial charge in [-0.25, -0.2) is 4.98 Å². The Morgan fingerprint density at radius 2 is 2.23 bits per heavy atom. The molecule has 2 amide bonds. The Morgan fingerprint density at radius 3 is 2.91 bits per heavy atom. The van der Waals surface area contributed by atoms with Crippen LogP contribution in [-0.2, 0) is 16.0 Å². The van der Waals surface area contributed by atoms with E-state index in [1.165, 1.54) is 11.3 Å². The molecule has 2 heterocycles. The van der Waals surface area contributed by atoms with Crippen LogP contribution in [0.15, 0.2) is 29.6 Å². The first-order valence-electron chi connectivity index (χ1n) is 6.90. The predicted octanol–water partition coefficient (Wildman–Crippen LogP) is 1.31. The minimum atomic E-state index is -0.485. The summed E-state index contributed by atoms with van der Waals surface area (Å²) in [4.78, 5) is 29.8. The standard InChI is InChI=1S/C15H16N4O2S/c1-9-8-22-15(17-9)18-13(20)7-19-11-5-3-2-4-10(11)6-12(19)14(16)21/h2-5,8,12H,6-7H2,1H3,(H2,16,21)(H,17,18,20)/t12-/m0/s1. The highest BCUT2D eigenvalue weighted by Crippen LogP contribution is 2.31. The molecule has 1 atom stereocenters. The minimum Gasteiger partial charge on any atom is -0.368 e. The summed E-state index contributed by atoms with van der Waals surface area (Å²) in [6.07, 6.45) is 0.537. The number of nitrogens with two attached hydrogens (primary N) is 1. The van der Waals surface area contributed by atoms with E-state index in [4.69, 9.17) is 5.73 Å². The average molecular weight is 316 g/mol. The van der Waals surface area contributed by atoms with E-state index in [9.17, 15) is 9.59 Å². The molecule has 0 bridgehead atoms. The SMILES string of the molecule is Cc1csc(NC(=O)CN2c3ccccc3C[C@H]2C(N)=O)n1. The minimum absolute atomic E-state index is 0.0727. The number of thiazole rings is 1. The van der Waals surface area contributed by atoms with Crippen LogP contribution in [0.3, 0.4) is 0 Å². The molecule has 3 rings (SSSR count). The highest BCUT2D eigenvalue weighted by molar-refractivity contribution is 7.13. The summed E-state index contributed by atoms with van der Waals surface area (Å²) < 4.78 is 0. The lowest BCUT2D eigenvalue weighted by Crippen LogP contribution is -2.46. The molecule has 0 unspecified atom stereocenters. The summed E-state index contributed by atoms with van der Waals surface area (Å²) in [5.74, 6) is -0.633. The summed E-state index contributed by atoms with van der Waals surface area (Å²) in [6, 6.07) is 7.17. The van der Waals surface area contributed by atoms with Gasteiger partial charge in [0.1, 0.15) is 6.04 Å². The Bertz CT molecular complexity index is 728. The molecular formula is C15H16N4O2S. The van der Waals surface area contributed by atoms with Crippen LogP contribution in [-0.4, -0.2) is 29.4 Å². The van der Waals surface area contributed by atoms with Crippen LogP contribution in [0.4, 0.5) is 10.8 Å². The van der Waals surface area contributed by atoms with E-state index in [1.54, 1.807) is 4.90 Å². The van der Waals surface area contributed by atoms with Crippen molar-refractivity contribution in [3.63, 3.8) is 0 Å². The van der Waals surface area contributed by atoms with Gasteiger partial charge in [0.15, 0.2) is 5.13 Å². The molecule has 0 fully saturated rings. The van der Waals surface area contributed by atoms with Gasteiger partial charge in [0, 0.05) is 17.5 Å². The number of aromatic nitrogens is 1. The van der Waals surface area contributed by atoms with Gasteiger partial charge in [-0.3, -0.25) is 9.59 Å². The Balaban J connectivity index is 1.76. The van der Waals surface area contributed by atoms with Crippen molar-refractivity contribution >= 4 is 34.0 Å². The molecule has 2 aromatic rings. The van der Waals surface area contributed by atoms with Crippen LogP contribution in [0, 0.1) is 6.92 Å². The Morgan fingerprint density at radius 1 is 1.45 bits per heavy atom. The number of aryl methyl sites for hydroxylation is 1. The number of fused-ring (bicyclic) bond motifs is 1. The van der Waals surface area contributed by atoms with Gasteiger partial charge in [0.2, 0.25) is 11.8 Å². The molecule has 114 valence electrons. The van der Waals surface area contributed by atoms with Crippen molar-refractivity contribution in [1.82, 2.24) is 4.98 Å². The predicted molar refractivity (Wildman–Crippen MR) is 86.0 cm³/mol. The van der Waals surface area contributed by atoms with Crippen molar-refractivity contribution in [3.05, 3.63) is 40.9 Å². The quantitative estimate of drug-likeness (QED) is 0.890. The molecule has 0 radical (unpaired) electrons. The molecule has 1 aromatic carbocycles. The van der Waals surface area contributed by atoms with Crippen LogP contribution < -0.4 is 16.0 Å². The summed E-state index contributed by atoms with van der Waals surface area (Å²) in [6.45, 7) is 1.94. The summed E-state index contributed by atoms with van der Waals surface area (Å²) in [5, 5.41) is 5.18. The number of nitrogens with one attached hydrogen (secondary N) is 1. The number of para-hydroxylation sites is 1. The molecule has 0 saturated heterocycles. The number of nitrogens with zero attached hydrogens (tertiary/aromatic N) is 2. The van der Waals surface area contributed by atoms with Crippen LogP contribution in [0.25, 0.3) is 0 Å². The van der Waals surface area contributed by atoms with Crippen LogP contribution in [0.1, 0.15) is 11.3 Å². The molecule has 22 heavy (non-hydrogen) atoms. The topological polar surface area (TPSA) is 88.3 Å². The molecule has 0 spiro atoms. The van der Waals surface area contributed by atoms with E-state index in [1.807, 2.05) is 36.6 Å². The van der Waals surface area contributed by atoms with Gasteiger partial charge in [-0.15, -0.1) is 11.3 Å². The highest BCUT2D eigenvalue weighted by Gasteiger charge is 2.34. The fourth-order valence-electron chi connectivity index (χ4n) is 2.62. The largest absolute Gasteiger partial charge is 0.368 e. The van der Waals surface area contributed by atoms with Crippen LogP contribution in [0.5, 0.6) is 0 Å². The van der Waals surface area contributed by atoms with Crippen LogP contribution >= 0.6 is 11.3 Å². The summed E-state index contributed by atoms with van der Waals surface area (Å²) in [7, 11) is 0. The van der Waals surface area contributed by atoms with E-state index >= 15 is 0 Å². The molecular weight excluding hydrogens is 300 g/mol. The molecule has 0 aliphatic carbocycles. The lowest BCUT2D eigenvalue weighted by Gasteiger charge is -2.24. The van der Waals surface area contributed by atoms with E-state index in [0.29, 0.717) is 11.6 Å². The number of primary amides is 1. The number of carbonyl (C=O) groups is 2. The number of anilines is 2. The number of rotatable bonds is 4. The maximum atomic E-state index is 12.2. The monoisotopic (exact) mass is 316 g/mol. The number of carbonyl (C=O) groups excluding carboxylic acids is 2. The fourth-order valence-corrected chi connectivity index (χ4v) is 3.33. The fraction of sp³-hybridized carbons (Fsp3) is 0.267. The maximum Gasteiger partial charge on any atom is 0.245 e. The third kappa shape index (κ3) is 2.80. The van der Waals surface area contributed by atoms with Crippen molar-refractivity contribution in [3.8, 4) is 0 Å². The van der Waals surface area contributed by atoms with Gasteiger partial charge >= 0.3 is 0 Å². The Kier molecular flexibility index (Phi) is 3.81. The smallest absolute Gasteiger partial charge is 0.245 e. The molecule has 1 aliphatic rings. The second-order valence-electron chi connectivity index (χ2n) is 5.22. The van der Waals surface area contributed by atoms with E-state index in [0.717, 1.165) is 16.9 Å². The van der Waals surface area contributed by atoms with Gasteiger partial charge in [-0.1, -0.05) is 18.2 Å².